The number of para-hydroxylation sites is 1. The molecule has 0 saturated heterocycles. The van der Waals surface area contributed by atoms with Crippen LogP contribution in [-0.4, -0.2) is 14.5 Å². The van der Waals surface area contributed by atoms with Gasteiger partial charge in [-0.2, -0.15) is 0 Å². The summed E-state index contributed by atoms with van der Waals surface area (Å²) in [6, 6.07) is 8.22. The summed E-state index contributed by atoms with van der Waals surface area (Å²) in [6.45, 7) is 5.48. The molecule has 0 atom stereocenters. The van der Waals surface area contributed by atoms with Gasteiger partial charge in [-0.3, -0.25) is 4.98 Å². The third kappa shape index (κ3) is 2.75. The van der Waals surface area contributed by atoms with E-state index >= 15 is 0 Å². The molecule has 2 heterocycles. The number of fused-ring (bicyclic) bond motifs is 3. The van der Waals surface area contributed by atoms with Gasteiger partial charge < -0.3 is 4.57 Å². The van der Waals surface area contributed by atoms with Crippen molar-refractivity contribution in [3.63, 3.8) is 0 Å². The Morgan fingerprint density at radius 3 is 2.76 bits per heavy atom. The molecule has 0 saturated carbocycles. The summed E-state index contributed by atoms with van der Waals surface area (Å²) in [7, 11) is 0. The largest absolute Gasteiger partial charge is 0.326 e. The van der Waals surface area contributed by atoms with Crippen molar-refractivity contribution >= 4 is 33.5 Å². The van der Waals surface area contributed by atoms with E-state index in [1.807, 2.05) is 18.3 Å². The normalized spacial score (nSPS) is 11.8. The average Bonchev–Trinajstić information content (AvgIpc) is 2.85. The van der Waals surface area contributed by atoms with Gasteiger partial charge in [0.05, 0.1) is 23.1 Å². The number of imidazole rings is 1. The summed E-state index contributed by atoms with van der Waals surface area (Å²) >= 11 is 6.09. The maximum atomic E-state index is 6.09. The smallest absolute Gasteiger partial charge is 0.124 e. The van der Waals surface area contributed by atoms with E-state index in [0.717, 1.165) is 41.1 Å². The Morgan fingerprint density at radius 1 is 1.19 bits per heavy atom. The fraction of sp³-hybridized carbons (Fsp3) is 0.412. The van der Waals surface area contributed by atoms with Gasteiger partial charge in [0, 0.05) is 11.9 Å². The molecule has 0 amide bonds. The summed E-state index contributed by atoms with van der Waals surface area (Å²) < 4.78 is 2.27. The summed E-state index contributed by atoms with van der Waals surface area (Å²) in [4.78, 5) is 9.14. The third-order valence-electron chi connectivity index (χ3n) is 3.84. The van der Waals surface area contributed by atoms with Crippen LogP contribution in [-0.2, 0) is 12.4 Å². The maximum absolute atomic E-state index is 6.09. The lowest BCUT2D eigenvalue weighted by molar-refractivity contribution is 0.512. The third-order valence-corrected chi connectivity index (χ3v) is 4.08. The first-order valence-electron chi connectivity index (χ1n) is 7.49. The highest BCUT2D eigenvalue weighted by Gasteiger charge is 2.13. The second-order valence-corrected chi connectivity index (χ2v) is 6.13. The van der Waals surface area contributed by atoms with Gasteiger partial charge >= 0.3 is 0 Å². The first-order valence-corrected chi connectivity index (χ1v) is 8.03. The molecule has 110 valence electrons. The Labute approximate surface area is 130 Å². The number of aryl methyl sites for hydroxylation is 1. The van der Waals surface area contributed by atoms with Gasteiger partial charge in [-0.25, -0.2) is 4.98 Å². The first kappa shape index (κ1) is 14.3. The molecule has 2 aromatic heterocycles. The standard InChI is InChI=1S/C17H20ClN3/c1-12(2)6-5-9-21-16(10-18)20-15-11-19-14-8-4-3-7-13(14)17(15)21/h3-4,7-8,11-12H,5-6,9-10H2,1-2H3. The van der Waals surface area contributed by atoms with E-state index in [1.165, 1.54) is 11.9 Å². The molecule has 0 spiro atoms. The van der Waals surface area contributed by atoms with Crippen LogP contribution in [0.4, 0.5) is 0 Å². The highest BCUT2D eigenvalue weighted by atomic mass is 35.5. The van der Waals surface area contributed by atoms with Crippen molar-refractivity contribution in [3.05, 3.63) is 36.3 Å². The van der Waals surface area contributed by atoms with E-state index < -0.39 is 0 Å². The fourth-order valence-corrected chi connectivity index (χ4v) is 3.01. The second-order valence-electron chi connectivity index (χ2n) is 5.86. The van der Waals surface area contributed by atoms with Crippen molar-refractivity contribution < 1.29 is 0 Å². The zero-order chi connectivity index (χ0) is 14.8. The van der Waals surface area contributed by atoms with Gasteiger partial charge in [0.15, 0.2) is 0 Å². The lowest BCUT2D eigenvalue weighted by Crippen LogP contribution is -2.04. The van der Waals surface area contributed by atoms with Crippen LogP contribution < -0.4 is 0 Å². The van der Waals surface area contributed by atoms with Gasteiger partial charge in [-0.1, -0.05) is 32.0 Å². The highest BCUT2D eigenvalue weighted by molar-refractivity contribution is 6.17. The number of hydrogen-bond acceptors (Lipinski definition) is 2. The molecular weight excluding hydrogens is 282 g/mol. The molecule has 0 unspecified atom stereocenters. The van der Waals surface area contributed by atoms with E-state index in [1.54, 1.807) is 0 Å². The van der Waals surface area contributed by atoms with Gasteiger partial charge in [0.25, 0.3) is 0 Å². The fourth-order valence-electron chi connectivity index (χ4n) is 2.81. The number of pyridine rings is 1. The number of aromatic nitrogens is 3. The Kier molecular flexibility index (Phi) is 4.11. The summed E-state index contributed by atoms with van der Waals surface area (Å²) in [5.41, 5.74) is 3.12. The Morgan fingerprint density at radius 2 is 2.00 bits per heavy atom. The Bertz CT molecular complexity index is 761. The molecule has 0 fully saturated rings. The van der Waals surface area contributed by atoms with E-state index in [0.29, 0.717) is 5.88 Å². The molecule has 3 rings (SSSR count). The molecule has 21 heavy (non-hydrogen) atoms. The zero-order valence-corrected chi connectivity index (χ0v) is 13.3. The van der Waals surface area contributed by atoms with Crippen molar-refractivity contribution in [1.29, 1.82) is 0 Å². The second kappa shape index (κ2) is 6.02. The summed E-state index contributed by atoms with van der Waals surface area (Å²) in [5.74, 6) is 2.09. The Balaban J connectivity index is 2.12. The van der Waals surface area contributed by atoms with Crippen LogP contribution in [0, 0.1) is 5.92 Å². The lowest BCUT2D eigenvalue weighted by Gasteiger charge is -2.10. The number of nitrogens with zero attached hydrogens (tertiary/aromatic N) is 3. The van der Waals surface area contributed by atoms with Crippen molar-refractivity contribution in [2.75, 3.05) is 0 Å². The topological polar surface area (TPSA) is 30.7 Å². The van der Waals surface area contributed by atoms with Crippen LogP contribution in [0.1, 0.15) is 32.5 Å². The highest BCUT2D eigenvalue weighted by Crippen LogP contribution is 2.26. The molecule has 3 nitrogen and oxygen atoms in total. The van der Waals surface area contributed by atoms with Crippen LogP contribution in [0.3, 0.4) is 0 Å². The molecule has 1 aromatic carbocycles. The van der Waals surface area contributed by atoms with Crippen LogP contribution >= 0.6 is 11.6 Å². The number of hydrogen-bond donors (Lipinski definition) is 0. The molecule has 0 aliphatic carbocycles. The van der Waals surface area contributed by atoms with E-state index in [2.05, 4.69) is 40.5 Å². The maximum Gasteiger partial charge on any atom is 0.124 e. The lowest BCUT2D eigenvalue weighted by atomic mass is 10.1. The quantitative estimate of drug-likeness (QED) is 0.636. The SMILES string of the molecule is CC(C)CCCn1c(CCl)nc2cnc3ccccc3c21. The number of benzene rings is 1. The van der Waals surface area contributed by atoms with Gasteiger partial charge in [0.2, 0.25) is 0 Å². The molecular formula is C17H20ClN3. The molecule has 0 aliphatic heterocycles. The average molecular weight is 302 g/mol. The minimum Gasteiger partial charge on any atom is -0.326 e. The molecule has 0 bridgehead atoms. The van der Waals surface area contributed by atoms with Crippen LogP contribution in [0.15, 0.2) is 30.5 Å². The molecule has 0 radical (unpaired) electrons. The van der Waals surface area contributed by atoms with Gasteiger partial charge in [-0.15, -0.1) is 11.6 Å². The first-order chi connectivity index (χ1) is 10.2. The van der Waals surface area contributed by atoms with Crippen molar-refractivity contribution in [3.8, 4) is 0 Å². The van der Waals surface area contributed by atoms with Gasteiger partial charge in [-0.05, 0) is 24.8 Å². The summed E-state index contributed by atoms with van der Waals surface area (Å²) in [5, 5.41) is 1.16. The van der Waals surface area contributed by atoms with Crippen LogP contribution in [0.5, 0.6) is 0 Å². The van der Waals surface area contributed by atoms with Crippen molar-refractivity contribution in [2.24, 2.45) is 5.92 Å². The van der Waals surface area contributed by atoms with Crippen LogP contribution in [0.25, 0.3) is 21.9 Å². The van der Waals surface area contributed by atoms with Crippen molar-refractivity contribution in [2.45, 2.75) is 39.1 Å². The summed E-state index contributed by atoms with van der Waals surface area (Å²) in [6.07, 6.45) is 4.21. The monoisotopic (exact) mass is 301 g/mol. The van der Waals surface area contributed by atoms with E-state index in [-0.39, 0.29) is 0 Å². The number of halogens is 1. The van der Waals surface area contributed by atoms with Gasteiger partial charge in [0.1, 0.15) is 11.3 Å². The molecule has 0 N–H and O–H groups in total. The molecule has 4 heteroatoms. The molecule has 3 aromatic rings. The van der Waals surface area contributed by atoms with Crippen LogP contribution in [0.2, 0.25) is 0 Å². The Hall–Kier alpha value is -1.61. The molecule has 0 aliphatic rings. The number of rotatable bonds is 5. The minimum atomic E-state index is 0.435. The zero-order valence-electron chi connectivity index (χ0n) is 12.5. The van der Waals surface area contributed by atoms with E-state index in [9.17, 15) is 0 Å². The van der Waals surface area contributed by atoms with E-state index in [4.69, 9.17) is 11.6 Å². The predicted molar refractivity (Wildman–Crippen MR) is 88.7 cm³/mol. The minimum absolute atomic E-state index is 0.435. The predicted octanol–water partition coefficient (Wildman–Crippen LogP) is 4.76. The number of alkyl halides is 1. The van der Waals surface area contributed by atoms with Crippen molar-refractivity contribution in [1.82, 2.24) is 14.5 Å².